The van der Waals surface area contributed by atoms with Gasteiger partial charge in [0.2, 0.25) is 5.60 Å². The third-order valence-electron chi connectivity index (χ3n) is 3.11. The zero-order valence-electron chi connectivity index (χ0n) is 11.5. The number of ether oxygens (including phenoxy) is 2. The van der Waals surface area contributed by atoms with Crippen molar-refractivity contribution in [3.63, 3.8) is 0 Å². The van der Waals surface area contributed by atoms with Crippen molar-refractivity contribution in [2.45, 2.75) is 52.6 Å². The molecule has 5 heteroatoms. The van der Waals surface area contributed by atoms with Crippen LogP contribution in [-0.2, 0) is 14.3 Å². The first-order valence-electron chi connectivity index (χ1n) is 6.44. The molecule has 18 heavy (non-hydrogen) atoms. The fourth-order valence-corrected chi connectivity index (χ4v) is 2.10. The van der Waals surface area contributed by atoms with Gasteiger partial charge in [-0.1, -0.05) is 26.7 Å². The normalized spacial score (nSPS) is 24.4. The number of cyclic esters (lactones) is 1. The van der Waals surface area contributed by atoms with E-state index in [9.17, 15) is 9.59 Å². The monoisotopic (exact) mass is 255 g/mol. The van der Waals surface area contributed by atoms with E-state index < -0.39 is 17.7 Å². The smallest absolute Gasteiger partial charge is 0.435 e. The van der Waals surface area contributed by atoms with E-state index in [4.69, 9.17) is 9.47 Å². The number of rotatable bonds is 6. The zero-order chi connectivity index (χ0) is 13.8. The molecule has 1 heterocycles. The van der Waals surface area contributed by atoms with Crippen LogP contribution in [0.15, 0.2) is 4.99 Å². The van der Waals surface area contributed by atoms with Crippen LogP contribution >= 0.6 is 0 Å². The first-order valence-corrected chi connectivity index (χ1v) is 6.44. The molecule has 0 aromatic carbocycles. The summed E-state index contributed by atoms with van der Waals surface area (Å²) in [7, 11) is 0. The number of unbranched alkanes of at least 4 members (excludes halogenated alkanes) is 1. The van der Waals surface area contributed by atoms with Gasteiger partial charge in [0.25, 0.3) is 0 Å². The lowest BCUT2D eigenvalue weighted by molar-refractivity contribution is -0.156. The van der Waals surface area contributed by atoms with Crippen molar-refractivity contribution in [2.24, 2.45) is 10.9 Å². The summed E-state index contributed by atoms with van der Waals surface area (Å²) in [6.45, 7) is 7.57. The van der Waals surface area contributed by atoms with Crippen LogP contribution in [0.4, 0.5) is 4.79 Å². The van der Waals surface area contributed by atoms with Crippen LogP contribution in [0.1, 0.15) is 47.0 Å². The maximum absolute atomic E-state index is 11.9. The molecule has 1 unspecified atom stereocenters. The molecule has 0 radical (unpaired) electrons. The third-order valence-corrected chi connectivity index (χ3v) is 3.11. The molecule has 1 aliphatic heterocycles. The SMILES string of the molecule is CCCC[C@@H](C)C1=NC(=O)OC1(C)C(=O)OCC. The van der Waals surface area contributed by atoms with Crippen LogP contribution in [0, 0.1) is 5.92 Å². The summed E-state index contributed by atoms with van der Waals surface area (Å²) in [5.74, 6) is -0.510. The summed E-state index contributed by atoms with van der Waals surface area (Å²) < 4.78 is 10.0. The van der Waals surface area contributed by atoms with E-state index in [1.807, 2.05) is 6.92 Å². The minimum absolute atomic E-state index is 0.0332. The van der Waals surface area contributed by atoms with Crippen molar-refractivity contribution >= 4 is 17.8 Å². The molecule has 0 aliphatic carbocycles. The summed E-state index contributed by atoms with van der Waals surface area (Å²) in [5, 5.41) is 0. The molecule has 1 rings (SSSR count). The Morgan fingerprint density at radius 2 is 2.17 bits per heavy atom. The Hall–Kier alpha value is -1.39. The number of carbonyl (C=O) groups excluding carboxylic acids is 2. The van der Waals surface area contributed by atoms with Gasteiger partial charge in [-0.15, -0.1) is 0 Å². The van der Waals surface area contributed by atoms with Gasteiger partial charge in [0.1, 0.15) is 0 Å². The highest BCUT2D eigenvalue weighted by Crippen LogP contribution is 2.29. The van der Waals surface area contributed by atoms with Crippen LogP contribution in [0.2, 0.25) is 0 Å². The molecule has 1 amide bonds. The molecular formula is C13H21NO4. The molecule has 2 atom stereocenters. The topological polar surface area (TPSA) is 65.0 Å². The Bertz CT molecular complexity index is 364. The molecule has 0 aromatic rings. The van der Waals surface area contributed by atoms with E-state index in [1.165, 1.54) is 0 Å². The number of aliphatic imine (C=N–C) groups is 1. The summed E-state index contributed by atoms with van der Waals surface area (Å²) in [4.78, 5) is 27.1. The van der Waals surface area contributed by atoms with Crippen molar-refractivity contribution in [1.82, 2.24) is 0 Å². The number of esters is 1. The van der Waals surface area contributed by atoms with Crippen molar-refractivity contribution in [2.75, 3.05) is 6.61 Å². The van der Waals surface area contributed by atoms with E-state index in [0.717, 1.165) is 19.3 Å². The maximum atomic E-state index is 11.9. The second kappa shape index (κ2) is 5.98. The summed E-state index contributed by atoms with van der Waals surface area (Å²) in [5.41, 5.74) is -0.861. The molecule has 0 saturated heterocycles. The maximum Gasteiger partial charge on any atom is 0.435 e. The minimum atomic E-state index is -1.35. The van der Waals surface area contributed by atoms with Crippen LogP contribution in [0.25, 0.3) is 0 Å². The molecule has 5 nitrogen and oxygen atoms in total. The van der Waals surface area contributed by atoms with Gasteiger partial charge in [-0.3, -0.25) is 0 Å². The Balaban J connectivity index is 2.88. The Morgan fingerprint density at radius 3 is 2.72 bits per heavy atom. The summed E-state index contributed by atoms with van der Waals surface area (Å²) in [6.07, 6.45) is 2.25. The minimum Gasteiger partial charge on any atom is -0.463 e. The van der Waals surface area contributed by atoms with Gasteiger partial charge in [0.15, 0.2) is 0 Å². The Morgan fingerprint density at radius 1 is 1.50 bits per heavy atom. The van der Waals surface area contributed by atoms with Gasteiger partial charge in [0.05, 0.1) is 12.3 Å². The number of amides is 1. The van der Waals surface area contributed by atoms with Gasteiger partial charge < -0.3 is 9.47 Å². The van der Waals surface area contributed by atoms with E-state index in [-0.39, 0.29) is 12.5 Å². The molecule has 0 bridgehead atoms. The van der Waals surface area contributed by atoms with Gasteiger partial charge in [0, 0.05) is 0 Å². The van der Waals surface area contributed by atoms with E-state index in [0.29, 0.717) is 5.71 Å². The van der Waals surface area contributed by atoms with Crippen LogP contribution < -0.4 is 0 Å². The summed E-state index contributed by atoms with van der Waals surface area (Å²) in [6, 6.07) is 0. The predicted molar refractivity (Wildman–Crippen MR) is 67.6 cm³/mol. The second-order valence-electron chi connectivity index (χ2n) is 4.66. The molecule has 0 saturated carbocycles. The van der Waals surface area contributed by atoms with Gasteiger partial charge in [-0.05, 0) is 26.2 Å². The number of hydrogen-bond acceptors (Lipinski definition) is 4. The van der Waals surface area contributed by atoms with Crippen LogP contribution in [0.3, 0.4) is 0 Å². The summed E-state index contributed by atoms with van der Waals surface area (Å²) >= 11 is 0. The van der Waals surface area contributed by atoms with Crippen molar-refractivity contribution < 1.29 is 19.1 Å². The van der Waals surface area contributed by atoms with Gasteiger partial charge in [-0.2, -0.15) is 4.99 Å². The van der Waals surface area contributed by atoms with Crippen molar-refractivity contribution in [3.05, 3.63) is 0 Å². The van der Waals surface area contributed by atoms with Crippen molar-refractivity contribution in [1.29, 1.82) is 0 Å². The lowest BCUT2D eigenvalue weighted by Crippen LogP contribution is -2.47. The molecule has 0 aromatic heterocycles. The highest BCUT2D eigenvalue weighted by Gasteiger charge is 2.50. The highest BCUT2D eigenvalue weighted by molar-refractivity contribution is 6.17. The fourth-order valence-electron chi connectivity index (χ4n) is 2.10. The van der Waals surface area contributed by atoms with Gasteiger partial charge >= 0.3 is 12.1 Å². The quantitative estimate of drug-likeness (QED) is 0.684. The van der Waals surface area contributed by atoms with E-state index in [2.05, 4.69) is 11.9 Å². The first kappa shape index (κ1) is 14.7. The zero-order valence-corrected chi connectivity index (χ0v) is 11.5. The molecule has 0 N–H and O–H groups in total. The van der Waals surface area contributed by atoms with E-state index >= 15 is 0 Å². The van der Waals surface area contributed by atoms with Gasteiger partial charge in [-0.25, -0.2) is 9.59 Å². The number of carbonyl (C=O) groups is 2. The third kappa shape index (κ3) is 2.89. The molecule has 102 valence electrons. The fraction of sp³-hybridized carbons (Fsp3) is 0.769. The van der Waals surface area contributed by atoms with Crippen molar-refractivity contribution in [3.8, 4) is 0 Å². The number of nitrogens with zero attached hydrogens (tertiary/aromatic N) is 1. The highest BCUT2D eigenvalue weighted by atomic mass is 16.6. The lowest BCUT2D eigenvalue weighted by Gasteiger charge is -2.25. The van der Waals surface area contributed by atoms with Crippen LogP contribution in [-0.4, -0.2) is 30.0 Å². The van der Waals surface area contributed by atoms with E-state index in [1.54, 1.807) is 13.8 Å². The molecule has 0 fully saturated rings. The molecule has 1 aliphatic rings. The molecule has 0 spiro atoms. The predicted octanol–water partition coefficient (Wildman–Crippen LogP) is 2.73. The second-order valence-corrected chi connectivity index (χ2v) is 4.66. The number of hydrogen-bond donors (Lipinski definition) is 0. The lowest BCUT2D eigenvalue weighted by atomic mass is 9.87. The average molecular weight is 255 g/mol. The standard InChI is InChI=1S/C13H21NO4/c1-5-7-8-9(3)10-13(4,11(15)17-6-2)18-12(16)14-10/h9H,5-8H2,1-4H3/t9-,13?/m1/s1. The Labute approximate surface area is 108 Å². The largest absolute Gasteiger partial charge is 0.463 e. The van der Waals surface area contributed by atoms with Crippen LogP contribution in [0.5, 0.6) is 0 Å². The Kier molecular flexibility index (Phi) is 4.87. The molecular weight excluding hydrogens is 234 g/mol. The average Bonchev–Trinajstić information content (AvgIpc) is 2.63. The first-order chi connectivity index (χ1) is 8.45.